The number of carbonyl (C=O) groups excluding carboxylic acids is 1. The maximum Gasteiger partial charge on any atom is 0.222 e. The second-order valence-electron chi connectivity index (χ2n) is 3.70. The molecule has 0 saturated carbocycles. The van der Waals surface area contributed by atoms with E-state index in [-0.39, 0.29) is 18.4 Å². The van der Waals surface area contributed by atoms with Gasteiger partial charge in [0.25, 0.3) is 0 Å². The minimum absolute atomic E-state index is 0.0720. The average Bonchev–Trinajstić information content (AvgIpc) is 2.35. The molecular weight excluding hydrogens is 240 g/mol. The largest absolute Gasteiger partial charge is 0.380 e. The number of methoxy groups -OCH3 is 1. The summed E-state index contributed by atoms with van der Waals surface area (Å²) in [4.78, 5) is 11.5. The van der Waals surface area contributed by atoms with Crippen LogP contribution in [0, 0.1) is 0 Å². The molecule has 0 bridgehead atoms. The summed E-state index contributed by atoms with van der Waals surface area (Å²) in [5, 5.41) is 3.48. The quantitative estimate of drug-likeness (QED) is 0.807. The van der Waals surface area contributed by atoms with Crippen molar-refractivity contribution in [1.29, 1.82) is 0 Å². The lowest BCUT2D eigenvalue weighted by atomic mass is 10.2. The Morgan fingerprint density at radius 3 is 2.65 bits per heavy atom. The zero-order valence-electron chi connectivity index (χ0n) is 9.78. The summed E-state index contributed by atoms with van der Waals surface area (Å²) in [5.74, 6) is -0.0720. The fourth-order valence-corrected chi connectivity index (χ4v) is 1.47. The van der Waals surface area contributed by atoms with E-state index in [9.17, 15) is 4.79 Å². The number of amides is 1. The van der Waals surface area contributed by atoms with Gasteiger partial charge in [-0.2, -0.15) is 0 Å². The van der Waals surface area contributed by atoms with Crippen molar-refractivity contribution >= 4 is 17.5 Å². The predicted octanol–water partition coefficient (Wildman–Crippen LogP) is 1.32. The average molecular weight is 257 g/mol. The van der Waals surface area contributed by atoms with Gasteiger partial charge in [-0.15, -0.1) is 0 Å². The molecule has 0 aromatic heterocycles. The Labute approximate surface area is 106 Å². The van der Waals surface area contributed by atoms with Gasteiger partial charge in [0, 0.05) is 25.2 Å². The molecule has 1 aromatic rings. The Morgan fingerprint density at radius 1 is 1.47 bits per heavy atom. The van der Waals surface area contributed by atoms with E-state index in [1.54, 1.807) is 19.2 Å². The number of halogens is 1. The summed E-state index contributed by atoms with van der Waals surface area (Å²) in [6.07, 6.45) is 0.0563. The topological polar surface area (TPSA) is 64.3 Å². The molecule has 5 heteroatoms. The lowest BCUT2D eigenvalue weighted by Crippen LogP contribution is -2.31. The highest BCUT2D eigenvalue weighted by Gasteiger charge is 2.10. The molecule has 0 radical (unpaired) electrons. The standard InChI is InChI=1S/C12H17ClN2O2/c1-17-11(7-14)6-12(16)15-8-9-2-4-10(13)5-3-9/h2-5,11H,6-8,14H2,1H3,(H,15,16). The minimum Gasteiger partial charge on any atom is -0.380 e. The van der Waals surface area contributed by atoms with Crippen LogP contribution in [0.2, 0.25) is 5.02 Å². The van der Waals surface area contributed by atoms with Crippen LogP contribution in [-0.2, 0) is 16.1 Å². The van der Waals surface area contributed by atoms with Crippen LogP contribution in [0.1, 0.15) is 12.0 Å². The fourth-order valence-electron chi connectivity index (χ4n) is 1.34. The van der Waals surface area contributed by atoms with E-state index in [2.05, 4.69) is 5.32 Å². The van der Waals surface area contributed by atoms with E-state index in [0.717, 1.165) is 5.56 Å². The lowest BCUT2D eigenvalue weighted by molar-refractivity contribution is -0.123. The Bertz CT molecular complexity index is 350. The summed E-state index contributed by atoms with van der Waals surface area (Å²) in [5.41, 5.74) is 6.44. The molecule has 0 saturated heterocycles. The van der Waals surface area contributed by atoms with Gasteiger partial charge in [-0.25, -0.2) is 0 Å². The van der Waals surface area contributed by atoms with Gasteiger partial charge in [-0.3, -0.25) is 4.79 Å². The minimum atomic E-state index is -0.222. The van der Waals surface area contributed by atoms with Crippen molar-refractivity contribution < 1.29 is 9.53 Å². The summed E-state index contributed by atoms with van der Waals surface area (Å²) >= 11 is 5.76. The van der Waals surface area contributed by atoms with Crippen molar-refractivity contribution in [2.45, 2.75) is 19.1 Å². The molecule has 17 heavy (non-hydrogen) atoms. The van der Waals surface area contributed by atoms with Crippen molar-refractivity contribution in [2.24, 2.45) is 5.73 Å². The molecule has 1 aromatic carbocycles. The molecule has 1 amide bonds. The Balaban J connectivity index is 2.35. The zero-order chi connectivity index (χ0) is 12.7. The van der Waals surface area contributed by atoms with E-state index in [0.29, 0.717) is 18.1 Å². The normalized spacial score (nSPS) is 12.2. The number of benzene rings is 1. The third kappa shape index (κ3) is 5.17. The van der Waals surface area contributed by atoms with Gasteiger partial charge in [-0.1, -0.05) is 23.7 Å². The van der Waals surface area contributed by atoms with Gasteiger partial charge in [-0.05, 0) is 17.7 Å². The van der Waals surface area contributed by atoms with E-state index < -0.39 is 0 Å². The summed E-state index contributed by atoms with van der Waals surface area (Å²) in [6.45, 7) is 0.821. The van der Waals surface area contributed by atoms with Crippen molar-refractivity contribution in [3.63, 3.8) is 0 Å². The maximum atomic E-state index is 11.5. The van der Waals surface area contributed by atoms with Crippen LogP contribution in [0.4, 0.5) is 0 Å². The third-order valence-corrected chi connectivity index (χ3v) is 2.66. The van der Waals surface area contributed by atoms with Crippen molar-refractivity contribution in [3.8, 4) is 0 Å². The first-order valence-electron chi connectivity index (χ1n) is 5.39. The molecule has 3 N–H and O–H groups in total. The monoisotopic (exact) mass is 256 g/mol. The molecule has 1 unspecified atom stereocenters. The first-order chi connectivity index (χ1) is 8.15. The Kier molecular flexibility index (Phi) is 5.97. The second kappa shape index (κ2) is 7.27. The molecule has 0 spiro atoms. The van der Waals surface area contributed by atoms with E-state index in [1.165, 1.54) is 0 Å². The number of hydrogen-bond acceptors (Lipinski definition) is 3. The van der Waals surface area contributed by atoms with Crippen molar-refractivity contribution in [3.05, 3.63) is 34.9 Å². The molecule has 1 rings (SSSR count). The number of nitrogens with two attached hydrogens (primary N) is 1. The zero-order valence-corrected chi connectivity index (χ0v) is 10.5. The van der Waals surface area contributed by atoms with Crippen molar-refractivity contribution in [2.75, 3.05) is 13.7 Å². The van der Waals surface area contributed by atoms with Gasteiger partial charge < -0.3 is 15.8 Å². The van der Waals surface area contributed by atoms with E-state index >= 15 is 0 Å². The van der Waals surface area contributed by atoms with Gasteiger partial charge in [0.05, 0.1) is 12.5 Å². The summed E-state index contributed by atoms with van der Waals surface area (Å²) in [6, 6.07) is 7.33. The molecule has 0 fully saturated rings. The smallest absolute Gasteiger partial charge is 0.222 e. The Morgan fingerprint density at radius 2 is 2.12 bits per heavy atom. The van der Waals surface area contributed by atoms with Crippen LogP contribution in [-0.4, -0.2) is 25.7 Å². The number of ether oxygens (including phenoxy) is 1. The highest BCUT2D eigenvalue weighted by molar-refractivity contribution is 6.30. The fraction of sp³-hybridized carbons (Fsp3) is 0.417. The van der Waals surface area contributed by atoms with Crippen LogP contribution in [0.5, 0.6) is 0 Å². The number of hydrogen-bond donors (Lipinski definition) is 2. The molecule has 0 aliphatic carbocycles. The SMILES string of the molecule is COC(CN)CC(=O)NCc1ccc(Cl)cc1. The van der Waals surface area contributed by atoms with E-state index in [4.69, 9.17) is 22.1 Å². The van der Waals surface area contributed by atoms with Gasteiger partial charge >= 0.3 is 0 Å². The molecule has 0 aliphatic rings. The number of carbonyl (C=O) groups is 1. The summed E-state index contributed by atoms with van der Waals surface area (Å²) < 4.78 is 5.03. The molecular formula is C12H17ClN2O2. The highest BCUT2D eigenvalue weighted by Crippen LogP contribution is 2.09. The number of rotatable bonds is 6. The number of nitrogens with one attached hydrogen (secondary N) is 1. The first-order valence-corrected chi connectivity index (χ1v) is 5.77. The first kappa shape index (κ1) is 14.0. The second-order valence-corrected chi connectivity index (χ2v) is 4.14. The molecule has 0 heterocycles. The van der Waals surface area contributed by atoms with Crippen molar-refractivity contribution in [1.82, 2.24) is 5.32 Å². The highest BCUT2D eigenvalue weighted by atomic mass is 35.5. The molecule has 94 valence electrons. The molecule has 1 atom stereocenters. The van der Waals surface area contributed by atoms with Gasteiger partial charge in [0.2, 0.25) is 5.91 Å². The lowest BCUT2D eigenvalue weighted by Gasteiger charge is -2.12. The van der Waals surface area contributed by atoms with Crippen LogP contribution in [0.15, 0.2) is 24.3 Å². The van der Waals surface area contributed by atoms with Crippen LogP contribution < -0.4 is 11.1 Å². The van der Waals surface area contributed by atoms with E-state index in [1.807, 2.05) is 12.1 Å². The Hall–Kier alpha value is -1.10. The van der Waals surface area contributed by atoms with Crippen LogP contribution in [0.25, 0.3) is 0 Å². The van der Waals surface area contributed by atoms with Gasteiger partial charge in [0.15, 0.2) is 0 Å². The molecule has 0 aliphatic heterocycles. The third-order valence-electron chi connectivity index (χ3n) is 2.41. The van der Waals surface area contributed by atoms with Crippen LogP contribution in [0.3, 0.4) is 0 Å². The van der Waals surface area contributed by atoms with Gasteiger partial charge in [0.1, 0.15) is 0 Å². The maximum absolute atomic E-state index is 11.5. The summed E-state index contributed by atoms with van der Waals surface area (Å²) in [7, 11) is 1.55. The molecule has 4 nitrogen and oxygen atoms in total. The van der Waals surface area contributed by atoms with Crippen LogP contribution >= 0.6 is 11.6 Å². The predicted molar refractivity (Wildman–Crippen MR) is 67.8 cm³/mol.